The minimum atomic E-state index is -0.306. The summed E-state index contributed by atoms with van der Waals surface area (Å²) in [5.74, 6) is 0.459. The van der Waals surface area contributed by atoms with Gasteiger partial charge >= 0.3 is 0 Å². The molecular formula is C11H11ClN4O2. The molecule has 2 aromatic rings. The Morgan fingerprint density at radius 3 is 2.83 bits per heavy atom. The van der Waals surface area contributed by atoms with E-state index in [-0.39, 0.29) is 18.5 Å². The van der Waals surface area contributed by atoms with Crippen molar-refractivity contribution in [2.75, 3.05) is 19.0 Å². The van der Waals surface area contributed by atoms with Gasteiger partial charge in [0.1, 0.15) is 6.61 Å². The number of aromatic nitrogens is 3. The summed E-state index contributed by atoms with van der Waals surface area (Å²) in [6.45, 7) is -0.0369. The number of ether oxygens (including phenoxy) is 1. The lowest BCUT2D eigenvalue weighted by molar-refractivity contribution is -0.119. The highest BCUT2D eigenvalue weighted by molar-refractivity contribution is 6.30. The fraction of sp³-hybridized carbons (Fsp3) is 0.182. The predicted octanol–water partition coefficient (Wildman–Crippen LogP) is 1.71. The van der Waals surface area contributed by atoms with Gasteiger partial charge < -0.3 is 4.74 Å². The molecule has 1 aromatic carbocycles. The van der Waals surface area contributed by atoms with Crippen LogP contribution in [0.5, 0.6) is 0 Å². The fourth-order valence-corrected chi connectivity index (χ4v) is 1.47. The maximum atomic E-state index is 11.3. The largest absolute Gasteiger partial charge is 0.375 e. The Bertz CT molecular complexity index is 538. The molecule has 0 bridgehead atoms. The number of nitrogens with zero attached hydrogens (tertiary/aromatic N) is 2. The van der Waals surface area contributed by atoms with Crippen LogP contribution in [0.1, 0.15) is 0 Å². The number of anilines is 1. The molecule has 0 aliphatic heterocycles. The molecule has 0 radical (unpaired) electrons. The average Bonchev–Trinajstić information content (AvgIpc) is 2.78. The lowest BCUT2D eigenvalue weighted by atomic mass is 10.2. The fourth-order valence-electron chi connectivity index (χ4n) is 1.35. The van der Waals surface area contributed by atoms with Crippen LogP contribution in [-0.2, 0) is 9.53 Å². The number of carbonyl (C=O) groups excluding carboxylic acids is 1. The van der Waals surface area contributed by atoms with Crippen molar-refractivity contribution in [2.45, 2.75) is 0 Å². The summed E-state index contributed by atoms with van der Waals surface area (Å²) in [7, 11) is 1.44. The molecule has 94 valence electrons. The van der Waals surface area contributed by atoms with E-state index in [1.54, 1.807) is 12.1 Å². The van der Waals surface area contributed by atoms with Gasteiger partial charge in [0, 0.05) is 17.7 Å². The summed E-state index contributed by atoms with van der Waals surface area (Å²) in [6.07, 6.45) is 0. The van der Waals surface area contributed by atoms with Gasteiger partial charge in [0.15, 0.2) is 5.82 Å². The van der Waals surface area contributed by atoms with Gasteiger partial charge in [-0.2, -0.15) is 4.98 Å². The number of nitrogens with one attached hydrogen (secondary N) is 2. The van der Waals surface area contributed by atoms with E-state index in [1.807, 2.05) is 12.1 Å². The molecule has 1 heterocycles. The topological polar surface area (TPSA) is 79.9 Å². The standard InChI is InChI=1S/C11H11ClN4O2/c1-18-6-9(17)13-11-14-10(15-16-11)7-2-4-8(12)5-3-7/h2-5H,6H2,1H3,(H2,13,14,15,16,17). The first-order valence-electron chi connectivity index (χ1n) is 5.16. The third-order valence-corrected chi connectivity index (χ3v) is 2.38. The second kappa shape index (κ2) is 5.61. The smallest absolute Gasteiger partial charge is 0.252 e. The van der Waals surface area contributed by atoms with Crippen molar-refractivity contribution in [1.29, 1.82) is 0 Å². The second-order valence-electron chi connectivity index (χ2n) is 3.50. The van der Waals surface area contributed by atoms with Crippen LogP contribution in [0.3, 0.4) is 0 Å². The van der Waals surface area contributed by atoms with Crippen LogP contribution in [0.2, 0.25) is 5.02 Å². The van der Waals surface area contributed by atoms with Crippen LogP contribution in [0.4, 0.5) is 5.95 Å². The van der Waals surface area contributed by atoms with Crippen LogP contribution in [0.15, 0.2) is 24.3 Å². The van der Waals surface area contributed by atoms with E-state index in [2.05, 4.69) is 25.2 Å². The molecule has 18 heavy (non-hydrogen) atoms. The summed E-state index contributed by atoms with van der Waals surface area (Å²) in [5, 5.41) is 9.76. The Labute approximate surface area is 108 Å². The van der Waals surface area contributed by atoms with E-state index in [0.29, 0.717) is 10.8 Å². The SMILES string of the molecule is COCC(=O)Nc1n[nH]c(-c2ccc(Cl)cc2)n1. The first-order chi connectivity index (χ1) is 8.69. The lowest BCUT2D eigenvalue weighted by Crippen LogP contribution is -2.17. The summed E-state index contributed by atoms with van der Waals surface area (Å²) < 4.78 is 4.69. The molecular weight excluding hydrogens is 256 g/mol. The van der Waals surface area contributed by atoms with Gasteiger partial charge in [0.05, 0.1) is 0 Å². The third-order valence-electron chi connectivity index (χ3n) is 2.13. The van der Waals surface area contributed by atoms with Crippen LogP contribution in [-0.4, -0.2) is 34.8 Å². The molecule has 0 spiro atoms. The molecule has 0 saturated carbocycles. The molecule has 0 aliphatic carbocycles. The van der Waals surface area contributed by atoms with Gasteiger partial charge in [0.2, 0.25) is 5.95 Å². The van der Waals surface area contributed by atoms with Gasteiger partial charge in [0.25, 0.3) is 5.91 Å². The summed E-state index contributed by atoms with van der Waals surface area (Å²) in [4.78, 5) is 15.4. The Morgan fingerprint density at radius 2 is 2.17 bits per heavy atom. The number of methoxy groups -OCH3 is 1. The molecule has 6 nitrogen and oxygen atoms in total. The predicted molar refractivity (Wildman–Crippen MR) is 67.3 cm³/mol. The Morgan fingerprint density at radius 1 is 1.44 bits per heavy atom. The van der Waals surface area contributed by atoms with Crippen LogP contribution < -0.4 is 5.32 Å². The van der Waals surface area contributed by atoms with Crippen molar-refractivity contribution in [1.82, 2.24) is 15.2 Å². The van der Waals surface area contributed by atoms with Gasteiger partial charge in [-0.15, -0.1) is 5.10 Å². The van der Waals surface area contributed by atoms with Crippen LogP contribution in [0.25, 0.3) is 11.4 Å². The number of halogens is 1. The average molecular weight is 267 g/mol. The Hall–Kier alpha value is -1.92. The molecule has 0 saturated heterocycles. The molecule has 0 fully saturated rings. The Balaban J connectivity index is 2.10. The summed E-state index contributed by atoms with van der Waals surface area (Å²) >= 11 is 5.79. The number of aromatic amines is 1. The van der Waals surface area contributed by atoms with Gasteiger partial charge in [-0.1, -0.05) is 11.6 Å². The monoisotopic (exact) mass is 266 g/mol. The first kappa shape index (κ1) is 12.5. The zero-order valence-electron chi connectivity index (χ0n) is 9.61. The molecule has 1 amide bonds. The number of benzene rings is 1. The van der Waals surface area contributed by atoms with E-state index < -0.39 is 0 Å². The van der Waals surface area contributed by atoms with E-state index in [1.165, 1.54) is 7.11 Å². The number of amides is 1. The maximum Gasteiger partial charge on any atom is 0.252 e. The number of carbonyl (C=O) groups is 1. The molecule has 0 atom stereocenters. The minimum Gasteiger partial charge on any atom is -0.375 e. The zero-order chi connectivity index (χ0) is 13.0. The van der Waals surface area contributed by atoms with Crippen molar-refractivity contribution in [3.8, 4) is 11.4 Å². The van der Waals surface area contributed by atoms with Crippen LogP contribution in [0, 0.1) is 0 Å². The number of hydrogen-bond donors (Lipinski definition) is 2. The molecule has 2 N–H and O–H groups in total. The number of H-pyrrole nitrogens is 1. The first-order valence-corrected chi connectivity index (χ1v) is 5.54. The highest BCUT2D eigenvalue weighted by Crippen LogP contribution is 2.18. The van der Waals surface area contributed by atoms with Crippen LogP contribution >= 0.6 is 11.6 Å². The summed E-state index contributed by atoms with van der Waals surface area (Å²) in [6, 6.07) is 7.12. The van der Waals surface area contributed by atoms with Gasteiger partial charge in [-0.05, 0) is 24.3 Å². The second-order valence-corrected chi connectivity index (χ2v) is 3.93. The minimum absolute atomic E-state index is 0.0369. The van der Waals surface area contributed by atoms with E-state index in [4.69, 9.17) is 11.6 Å². The molecule has 7 heteroatoms. The highest BCUT2D eigenvalue weighted by atomic mass is 35.5. The molecule has 1 aromatic heterocycles. The zero-order valence-corrected chi connectivity index (χ0v) is 10.4. The molecule has 0 aliphatic rings. The van der Waals surface area contributed by atoms with Crippen molar-refractivity contribution in [3.63, 3.8) is 0 Å². The van der Waals surface area contributed by atoms with Gasteiger partial charge in [-0.3, -0.25) is 15.2 Å². The van der Waals surface area contributed by atoms with Crippen molar-refractivity contribution in [3.05, 3.63) is 29.3 Å². The van der Waals surface area contributed by atoms with E-state index in [0.717, 1.165) is 5.56 Å². The van der Waals surface area contributed by atoms with E-state index in [9.17, 15) is 4.79 Å². The lowest BCUT2D eigenvalue weighted by Gasteiger charge is -1.98. The maximum absolute atomic E-state index is 11.3. The number of rotatable bonds is 4. The van der Waals surface area contributed by atoms with Crippen molar-refractivity contribution >= 4 is 23.5 Å². The molecule has 0 unspecified atom stereocenters. The van der Waals surface area contributed by atoms with Crippen molar-refractivity contribution < 1.29 is 9.53 Å². The van der Waals surface area contributed by atoms with E-state index >= 15 is 0 Å². The third kappa shape index (κ3) is 3.06. The van der Waals surface area contributed by atoms with Gasteiger partial charge in [-0.25, -0.2) is 0 Å². The highest BCUT2D eigenvalue weighted by Gasteiger charge is 2.08. The number of hydrogen-bond acceptors (Lipinski definition) is 4. The van der Waals surface area contributed by atoms with Crippen molar-refractivity contribution in [2.24, 2.45) is 0 Å². The Kier molecular flexibility index (Phi) is 3.91. The quantitative estimate of drug-likeness (QED) is 0.883. The summed E-state index contributed by atoms with van der Waals surface area (Å²) in [5.41, 5.74) is 0.833. The molecule has 2 rings (SSSR count). The normalized spacial score (nSPS) is 10.3.